The van der Waals surface area contributed by atoms with E-state index >= 15 is 0 Å². The van der Waals surface area contributed by atoms with Crippen LogP contribution in [0.25, 0.3) is 11.4 Å². The number of rotatable bonds is 5. The van der Waals surface area contributed by atoms with Crippen molar-refractivity contribution in [2.24, 2.45) is 0 Å². The molecule has 2 heterocycles. The number of fused-ring (bicyclic) bond motifs is 1. The molecule has 7 nitrogen and oxygen atoms in total. The second-order valence-corrected chi connectivity index (χ2v) is 6.72. The number of nitrogens with one attached hydrogen (secondary N) is 1. The molecule has 1 N–H and O–H groups in total. The summed E-state index contributed by atoms with van der Waals surface area (Å²) in [6.07, 6.45) is 6.21. The van der Waals surface area contributed by atoms with Gasteiger partial charge in [0.1, 0.15) is 18.0 Å². The normalized spacial score (nSPS) is 23.5. The Morgan fingerprint density at radius 2 is 1.96 bits per heavy atom. The van der Waals surface area contributed by atoms with E-state index in [0.717, 1.165) is 11.5 Å². The van der Waals surface area contributed by atoms with Crippen LogP contribution in [0.4, 0.5) is 13.9 Å². The first kappa shape index (κ1) is 18.7. The molecular weight excluding hydrogens is 392 g/mol. The topological polar surface area (TPSA) is 82.6 Å². The van der Waals surface area contributed by atoms with Crippen LogP contribution < -0.4 is 10.1 Å². The van der Waals surface area contributed by atoms with Crippen LogP contribution >= 0.6 is 11.5 Å². The molecule has 1 fully saturated rings. The molecule has 4 rings (SSSR count). The summed E-state index contributed by atoms with van der Waals surface area (Å²) in [7, 11) is 0. The molecule has 1 aliphatic heterocycles. The van der Waals surface area contributed by atoms with E-state index < -0.39 is 12.7 Å². The second kappa shape index (κ2) is 8.13. The third kappa shape index (κ3) is 4.24. The van der Waals surface area contributed by atoms with Crippen molar-refractivity contribution < 1.29 is 27.8 Å². The molecule has 0 bridgehead atoms. The van der Waals surface area contributed by atoms with Crippen LogP contribution in [0.1, 0.15) is 0 Å². The van der Waals surface area contributed by atoms with Gasteiger partial charge in [0.05, 0.1) is 6.61 Å². The Balaban J connectivity index is 1.37. The number of carbonyl (C=O) groups excluding carboxylic acids is 1. The van der Waals surface area contributed by atoms with Gasteiger partial charge in [0.15, 0.2) is 11.9 Å². The molecular formula is C18H15F2N3O4S. The van der Waals surface area contributed by atoms with Crippen LogP contribution in [0.3, 0.4) is 0 Å². The molecule has 1 amide bonds. The van der Waals surface area contributed by atoms with Gasteiger partial charge in [0.25, 0.3) is 5.91 Å². The molecule has 0 radical (unpaired) electrons. The van der Waals surface area contributed by atoms with Gasteiger partial charge in [-0.05, 0) is 24.3 Å². The van der Waals surface area contributed by atoms with Crippen molar-refractivity contribution in [1.29, 1.82) is 0 Å². The van der Waals surface area contributed by atoms with Gasteiger partial charge in [0, 0.05) is 17.1 Å². The standard InChI is InChI=1S/C18H15F2N3O4S/c19-17(20)26-11-7-5-10(6-8-11)15-21-18(28-23-15)22-16(24)14-9-25-12-3-1-2-4-13(12)27-14/h1-8,12-14,17H,9H2,(H,21,22,23,24). The summed E-state index contributed by atoms with van der Waals surface area (Å²) >= 11 is 1.01. The number of carbonyl (C=O) groups is 1. The first-order chi connectivity index (χ1) is 13.6. The van der Waals surface area contributed by atoms with Crippen molar-refractivity contribution in [1.82, 2.24) is 9.36 Å². The number of alkyl halides is 2. The average molecular weight is 407 g/mol. The summed E-state index contributed by atoms with van der Waals surface area (Å²) in [6, 6.07) is 5.92. The van der Waals surface area contributed by atoms with E-state index in [4.69, 9.17) is 9.47 Å². The monoisotopic (exact) mass is 407 g/mol. The van der Waals surface area contributed by atoms with Crippen LogP contribution in [-0.2, 0) is 14.3 Å². The average Bonchev–Trinajstić information content (AvgIpc) is 3.16. The SMILES string of the molecule is O=C(Nc1nc(-c2ccc(OC(F)F)cc2)ns1)C1COC2C=CC=CC2O1. The fourth-order valence-corrected chi connectivity index (χ4v) is 3.36. The maximum absolute atomic E-state index is 12.4. The van der Waals surface area contributed by atoms with E-state index in [-0.39, 0.29) is 30.5 Å². The van der Waals surface area contributed by atoms with Crippen molar-refractivity contribution >= 4 is 22.6 Å². The maximum atomic E-state index is 12.4. The molecule has 0 saturated carbocycles. The van der Waals surface area contributed by atoms with Crippen molar-refractivity contribution in [3.8, 4) is 17.1 Å². The quantitative estimate of drug-likeness (QED) is 0.821. The highest BCUT2D eigenvalue weighted by Gasteiger charge is 2.34. The van der Waals surface area contributed by atoms with Gasteiger partial charge in [-0.3, -0.25) is 10.1 Å². The predicted molar refractivity (Wildman–Crippen MR) is 97.3 cm³/mol. The lowest BCUT2D eigenvalue weighted by Gasteiger charge is -2.33. The lowest BCUT2D eigenvalue weighted by Crippen LogP contribution is -2.47. The number of hydrogen-bond donors (Lipinski definition) is 1. The summed E-state index contributed by atoms with van der Waals surface area (Å²) in [5.74, 6) is 0.0387. The van der Waals surface area contributed by atoms with Crippen molar-refractivity contribution in [2.45, 2.75) is 24.9 Å². The molecule has 3 atom stereocenters. The number of nitrogens with zero attached hydrogens (tertiary/aromatic N) is 2. The van der Waals surface area contributed by atoms with E-state index in [2.05, 4.69) is 19.4 Å². The van der Waals surface area contributed by atoms with E-state index in [1.165, 1.54) is 12.1 Å². The van der Waals surface area contributed by atoms with E-state index in [0.29, 0.717) is 16.5 Å². The number of benzene rings is 1. The first-order valence-corrected chi connectivity index (χ1v) is 9.18. The largest absolute Gasteiger partial charge is 0.435 e. The van der Waals surface area contributed by atoms with E-state index in [1.54, 1.807) is 12.1 Å². The van der Waals surface area contributed by atoms with Gasteiger partial charge >= 0.3 is 6.61 Å². The third-order valence-corrected chi connectivity index (χ3v) is 4.71. The zero-order valence-corrected chi connectivity index (χ0v) is 15.1. The highest BCUT2D eigenvalue weighted by molar-refractivity contribution is 7.10. The lowest BCUT2D eigenvalue weighted by atomic mass is 10.1. The molecule has 2 aliphatic rings. The summed E-state index contributed by atoms with van der Waals surface area (Å²) in [5.41, 5.74) is 0.609. The number of ether oxygens (including phenoxy) is 3. The van der Waals surface area contributed by atoms with Gasteiger partial charge in [-0.25, -0.2) is 0 Å². The molecule has 1 aromatic carbocycles. The fraction of sp³-hybridized carbons (Fsp3) is 0.278. The Labute approximate surface area is 162 Å². The molecule has 1 aromatic heterocycles. The van der Waals surface area contributed by atoms with Gasteiger partial charge < -0.3 is 14.2 Å². The number of allylic oxidation sites excluding steroid dienone is 2. The van der Waals surface area contributed by atoms with E-state index in [9.17, 15) is 13.6 Å². The summed E-state index contributed by atoms with van der Waals surface area (Å²) in [5, 5.41) is 2.97. The maximum Gasteiger partial charge on any atom is 0.387 e. The first-order valence-electron chi connectivity index (χ1n) is 8.40. The zero-order chi connectivity index (χ0) is 19.5. The molecule has 1 aliphatic carbocycles. The van der Waals surface area contributed by atoms with Gasteiger partial charge in [-0.15, -0.1) is 0 Å². The van der Waals surface area contributed by atoms with Crippen LogP contribution in [-0.4, -0.2) is 46.8 Å². The van der Waals surface area contributed by atoms with Gasteiger partial charge in [-0.2, -0.15) is 18.1 Å². The minimum Gasteiger partial charge on any atom is -0.435 e. The van der Waals surface area contributed by atoms with E-state index in [1.807, 2.05) is 24.3 Å². The number of anilines is 1. The molecule has 1 saturated heterocycles. The molecule has 28 heavy (non-hydrogen) atoms. The van der Waals surface area contributed by atoms with Crippen LogP contribution in [0, 0.1) is 0 Å². The van der Waals surface area contributed by atoms with Crippen LogP contribution in [0.5, 0.6) is 5.75 Å². The molecule has 10 heteroatoms. The van der Waals surface area contributed by atoms with Gasteiger partial charge in [0.2, 0.25) is 5.13 Å². The number of halogens is 2. The van der Waals surface area contributed by atoms with Crippen molar-refractivity contribution in [3.05, 3.63) is 48.6 Å². The number of aromatic nitrogens is 2. The Bertz CT molecular complexity index is 900. The van der Waals surface area contributed by atoms with Gasteiger partial charge in [-0.1, -0.05) is 24.3 Å². The highest BCUT2D eigenvalue weighted by atomic mass is 32.1. The summed E-state index contributed by atoms with van der Waals surface area (Å²) in [6.45, 7) is -2.74. The minimum absolute atomic E-state index is 0.0434. The summed E-state index contributed by atoms with van der Waals surface area (Å²) in [4.78, 5) is 16.7. The predicted octanol–water partition coefficient (Wildman–Crippen LogP) is 3.02. The third-order valence-electron chi connectivity index (χ3n) is 4.08. The molecule has 0 spiro atoms. The minimum atomic E-state index is -2.88. The Hall–Kier alpha value is -2.69. The molecule has 3 unspecified atom stereocenters. The second-order valence-electron chi connectivity index (χ2n) is 5.97. The number of hydrogen-bond acceptors (Lipinski definition) is 7. The summed E-state index contributed by atoms with van der Waals surface area (Å²) < 4.78 is 44.3. The molecule has 2 aromatic rings. The Morgan fingerprint density at radius 3 is 2.71 bits per heavy atom. The highest BCUT2D eigenvalue weighted by Crippen LogP contribution is 2.25. The van der Waals surface area contributed by atoms with Crippen molar-refractivity contribution in [3.63, 3.8) is 0 Å². The van der Waals surface area contributed by atoms with Crippen LogP contribution in [0.2, 0.25) is 0 Å². The number of amides is 1. The zero-order valence-electron chi connectivity index (χ0n) is 14.3. The lowest BCUT2D eigenvalue weighted by molar-refractivity contribution is -0.164. The van der Waals surface area contributed by atoms with Crippen LogP contribution in [0.15, 0.2) is 48.6 Å². The Kier molecular flexibility index (Phi) is 5.42. The molecule has 146 valence electrons. The van der Waals surface area contributed by atoms with Crippen molar-refractivity contribution in [2.75, 3.05) is 11.9 Å². The smallest absolute Gasteiger partial charge is 0.387 e. The Morgan fingerprint density at radius 1 is 1.21 bits per heavy atom. The fourth-order valence-electron chi connectivity index (χ4n) is 2.77.